The van der Waals surface area contributed by atoms with E-state index in [0.29, 0.717) is 0 Å². The van der Waals surface area contributed by atoms with Crippen LogP contribution < -0.4 is 5.32 Å². The number of aryl methyl sites for hydroxylation is 4. The number of aromatic nitrogens is 4. The van der Waals surface area contributed by atoms with E-state index in [4.69, 9.17) is 0 Å². The van der Waals surface area contributed by atoms with Gasteiger partial charge in [-0.3, -0.25) is 4.68 Å². The predicted octanol–water partition coefficient (Wildman–Crippen LogP) is 2.31. The number of nitrogens with one attached hydrogen (secondary N) is 1. The zero-order chi connectivity index (χ0) is 14.9. The Balaban J connectivity index is 2.39. The van der Waals surface area contributed by atoms with E-state index in [-0.39, 0.29) is 0 Å². The van der Waals surface area contributed by atoms with Crippen molar-refractivity contribution in [2.45, 2.75) is 44.4 Å². The molecule has 0 fully saturated rings. The van der Waals surface area contributed by atoms with Gasteiger partial charge in [-0.2, -0.15) is 5.10 Å². The second-order valence-corrected chi connectivity index (χ2v) is 5.88. The predicted molar refractivity (Wildman–Crippen MR) is 81.1 cm³/mol. The van der Waals surface area contributed by atoms with E-state index in [1.165, 1.54) is 5.56 Å². The lowest BCUT2D eigenvalue weighted by atomic mass is 10.2. The Morgan fingerprint density at radius 2 is 1.65 bits per heavy atom. The maximum Gasteiger partial charge on any atom is 0.194 e. The molecule has 0 unspecified atom stereocenters. The van der Waals surface area contributed by atoms with Crippen LogP contribution in [0.15, 0.2) is 10.2 Å². The highest BCUT2D eigenvalue weighted by molar-refractivity contribution is 7.99. The molecular formula is C14H21N5S. The number of hydrogen-bond donors (Lipinski definition) is 1. The van der Waals surface area contributed by atoms with Crippen LogP contribution in [0.2, 0.25) is 0 Å². The topological polar surface area (TPSA) is 55.6 Å². The lowest BCUT2D eigenvalue weighted by molar-refractivity contribution is 0.682. The first kappa shape index (κ1) is 15.0. The van der Waals surface area contributed by atoms with Crippen molar-refractivity contribution in [2.75, 3.05) is 7.05 Å². The molecule has 2 rings (SSSR count). The second kappa shape index (κ2) is 5.93. The monoisotopic (exact) mass is 291 g/mol. The van der Waals surface area contributed by atoms with Crippen molar-refractivity contribution < 1.29 is 0 Å². The average Bonchev–Trinajstić information content (AvgIpc) is 2.63. The van der Waals surface area contributed by atoms with E-state index in [1.807, 2.05) is 39.5 Å². The maximum atomic E-state index is 4.57. The van der Waals surface area contributed by atoms with Crippen molar-refractivity contribution in [1.82, 2.24) is 25.1 Å². The molecule has 108 valence electrons. The molecule has 0 atom stereocenters. The minimum Gasteiger partial charge on any atom is -0.316 e. The molecule has 0 saturated carbocycles. The normalized spacial score (nSPS) is 11.1. The second-order valence-electron chi connectivity index (χ2n) is 4.93. The van der Waals surface area contributed by atoms with Gasteiger partial charge in [-0.25, -0.2) is 9.97 Å². The minimum atomic E-state index is 0.783. The van der Waals surface area contributed by atoms with Crippen LogP contribution in [-0.4, -0.2) is 26.8 Å². The highest BCUT2D eigenvalue weighted by Gasteiger charge is 2.16. The zero-order valence-corrected chi connectivity index (χ0v) is 13.7. The first-order chi connectivity index (χ1) is 9.43. The fourth-order valence-electron chi connectivity index (χ4n) is 2.06. The van der Waals surface area contributed by atoms with Crippen LogP contribution in [0.5, 0.6) is 0 Å². The third kappa shape index (κ3) is 2.86. The lowest BCUT2D eigenvalue weighted by Crippen LogP contribution is -2.07. The summed E-state index contributed by atoms with van der Waals surface area (Å²) in [6.07, 6.45) is 0. The molecule has 6 heteroatoms. The van der Waals surface area contributed by atoms with Crippen molar-refractivity contribution in [3.05, 3.63) is 28.2 Å². The fourth-order valence-corrected chi connectivity index (χ4v) is 3.12. The van der Waals surface area contributed by atoms with Crippen LogP contribution in [0.25, 0.3) is 0 Å². The summed E-state index contributed by atoms with van der Waals surface area (Å²) in [5, 5.41) is 9.56. The summed E-state index contributed by atoms with van der Waals surface area (Å²) in [5.41, 5.74) is 5.48. The summed E-state index contributed by atoms with van der Waals surface area (Å²) >= 11 is 1.58. The van der Waals surface area contributed by atoms with Gasteiger partial charge in [0.2, 0.25) is 0 Å². The summed E-state index contributed by atoms with van der Waals surface area (Å²) < 4.78 is 1.90. The molecule has 0 radical (unpaired) electrons. The van der Waals surface area contributed by atoms with Gasteiger partial charge in [0, 0.05) is 30.5 Å². The summed E-state index contributed by atoms with van der Waals surface area (Å²) in [4.78, 5) is 9.14. The number of rotatable bonds is 4. The molecule has 2 aromatic rings. The van der Waals surface area contributed by atoms with E-state index in [9.17, 15) is 0 Å². The van der Waals surface area contributed by atoms with Gasteiger partial charge in [0.25, 0.3) is 0 Å². The Bertz CT molecular complexity index is 610. The molecule has 0 aromatic carbocycles. The first-order valence-electron chi connectivity index (χ1n) is 6.60. The average molecular weight is 291 g/mol. The first-order valence-corrected chi connectivity index (χ1v) is 7.42. The maximum absolute atomic E-state index is 4.57. The van der Waals surface area contributed by atoms with Crippen LogP contribution >= 0.6 is 11.8 Å². The summed E-state index contributed by atoms with van der Waals surface area (Å²) in [6, 6.07) is 0. The standard InChI is InChI=1S/C14H21N5S/c1-8-9(2)16-14(17-10(8)3)20-13-12(7-15-5)11(4)18-19(13)6/h15H,7H2,1-6H3. The Labute approximate surface area is 124 Å². The molecule has 0 aliphatic rings. The van der Waals surface area contributed by atoms with Gasteiger partial charge < -0.3 is 5.32 Å². The lowest BCUT2D eigenvalue weighted by Gasteiger charge is -2.08. The van der Waals surface area contributed by atoms with E-state index < -0.39 is 0 Å². The van der Waals surface area contributed by atoms with Crippen LogP contribution in [0.4, 0.5) is 0 Å². The Morgan fingerprint density at radius 1 is 1.05 bits per heavy atom. The SMILES string of the molecule is CNCc1c(C)nn(C)c1Sc1nc(C)c(C)c(C)n1. The van der Waals surface area contributed by atoms with E-state index in [1.54, 1.807) is 11.8 Å². The zero-order valence-electron chi connectivity index (χ0n) is 12.9. The van der Waals surface area contributed by atoms with Crippen molar-refractivity contribution in [3.63, 3.8) is 0 Å². The summed E-state index contributed by atoms with van der Waals surface area (Å²) in [6.45, 7) is 8.93. The van der Waals surface area contributed by atoms with Gasteiger partial charge >= 0.3 is 0 Å². The van der Waals surface area contributed by atoms with E-state index >= 15 is 0 Å². The summed E-state index contributed by atoms with van der Waals surface area (Å²) in [5.74, 6) is 0. The van der Waals surface area contributed by atoms with Gasteiger partial charge in [-0.05, 0) is 52.1 Å². The third-order valence-electron chi connectivity index (χ3n) is 3.44. The molecule has 2 heterocycles. The third-order valence-corrected chi connectivity index (χ3v) is 4.51. The van der Waals surface area contributed by atoms with Gasteiger partial charge in [0.1, 0.15) is 5.03 Å². The van der Waals surface area contributed by atoms with Gasteiger partial charge in [-0.1, -0.05) is 0 Å². The largest absolute Gasteiger partial charge is 0.316 e. The summed E-state index contributed by atoms with van der Waals surface area (Å²) in [7, 11) is 3.90. The number of hydrogen-bond acceptors (Lipinski definition) is 5. The fraction of sp³-hybridized carbons (Fsp3) is 0.500. The van der Waals surface area contributed by atoms with Crippen LogP contribution in [0, 0.1) is 27.7 Å². The van der Waals surface area contributed by atoms with Crippen molar-refractivity contribution in [1.29, 1.82) is 0 Å². The van der Waals surface area contributed by atoms with E-state index in [2.05, 4.69) is 27.3 Å². The Kier molecular flexibility index (Phi) is 4.45. The molecule has 0 aliphatic carbocycles. The molecule has 2 aromatic heterocycles. The highest BCUT2D eigenvalue weighted by Crippen LogP contribution is 2.30. The Morgan fingerprint density at radius 3 is 2.20 bits per heavy atom. The molecule has 0 aliphatic heterocycles. The van der Waals surface area contributed by atoms with Crippen LogP contribution in [0.3, 0.4) is 0 Å². The van der Waals surface area contributed by atoms with Crippen molar-refractivity contribution in [3.8, 4) is 0 Å². The van der Waals surface area contributed by atoms with Crippen molar-refractivity contribution in [2.24, 2.45) is 7.05 Å². The van der Waals surface area contributed by atoms with Gasteiger partial charge in [-0.15, -0.1) is 0 Å². The molecule has 20 heavy (non-hydrogen) atoms. The molecule has 0 bridgehead atoms. The van der Waals surface area contributed by atoms with Crippen LogP contribution in [0.1, 0.15) is 28.2 Å². The van der Waals surface area contributed by atoms with E-state index in [0.717, 1.165) is 39.4 Å². The number of nitrogens with zero attached hydrogens (tertiary/aromatic N) is 4. The molecule has 5 nitrogen and oxygen atoms in total. The van der Waals surface area contributed by atoms with Gasteiger partial charge in [0.15, 0.2) is 5.16 Å². The Hall–Kier alpha value is -1.40. The smallest absolute Gasteiger partial charge is 0.194 e. The van der Waals surface area contributed by atoms with Crippen LogP contribution in [-0.2, 0) is 13.6 Å². The van der Waals surface area contributed by atoms with Crippen molar-refractivity contribution >= 4 is 11.8 Å². The highest BCUT2D eigenvalue weighted by atomic mass is 32.2. The van der Waals surface area contributed by atoms with Gasteiger partial charge in [0.05, 0.1) is 5.69 Å². The quantitative estimate of drug-likeness (QED) is 0.876. The molecular weight excluding hydrogens is 270 g/mol. The molecule has 0 saturated heterocycles. The molecule has 0 amide bonds. The minimum absolute atomic E-state index is 0.783. The molecule has 0 spiro atoms. The molecule has 1 N–H and O–H groups in total.